The van der Waals surface area contributed by atoms with Crippen LogP contribution in [0.15, 0.2) is 53.5 Å². The number of rotatable bonds is 5. The van der Waals surface area contributed by atoms with Gasteiger partial charge in [0.05, 0.1) is 6.04 Å². The van der Waals surface area contributed by atoms with E-state index in [0.29, 0.717) is 24.8 Å². The molecular formula is C20H21FN3O+. The summed E-state index contributed by atoms with van der Waals surface area (Å²) in [5.74, 6) is -0.164. The first-order chi connectivity index (χ1) is 12.1. The fourth-order valence-corrected chi connectivity index (χ4v) is 3.31. The Morgan fingerprint density at radius 1 is 1.20 bits per heavy atom. The van der Waals surface area contributed by atoms with Crippen LogP contribution in [0, 0.1) is 12.7 Å². The van der Waals surface area contributed by atoms with E-state index in [4.69, 9.17) is 0 Å². The first kappa shape index (κ1) is 16.0. The number of hydrogen-bond acceptors (Lipinski definition) is 2. The molecule has 0 aliphatic heterocycles. The van der Waals surface area contributed by atoms with Gasteiger partial charge in [-0.05, 0) is 24.6 Å². The number of halogens is 1. The van der Waals surface area contributed by atoms with Crippen LogP contribution < -0.4 is 10.5 Å². The van der Waals surface area contributed by atoms with Crippen LogP contribution in [0.2, 0.25) is 0 Å². The molecule has 1 saturated carbocycles. The molecule has 0 bridgehead atoms. The summed E-state index contributed by atoms with van der Waals surface area (Å²) in [6, 6.07) is 12.9. The Morgan fingerprint density at radius 2 is 2.00 bits per heavy atom. The Labute approximate surface area is 145 Å². The molecule has 1 atom stereocenters. The van der Waals surface area contributed by atoms with Crippen molar-refractivity contribution < 1.29 is 9.29 Å². The summed E-state index contributed by atoms with van der Waals surface area (Å²) < 4.78 is 15.6. The number of quaternary nitrogens is 1. The van der Waals surface area contributed by atoms with Crippen molar-refractivity contribution in [2.45, 2.75) is 38.9 Å². The molecule has 0 radical (unpaired) electrons. The summed E-state index contributed by atoms with van der Waals surface area (Å²) >= 11 is 0. The minimum Gasteiger partial charge on any atom is -0.324 e. The van der Waals surface area contributed by atoms with E-state index < -0.39 is 0 Å². The SMILES string of the molecule is Cc1ccc2nc(C[NH+](Cc3ccccc3F)C3CC3)cc(=O)n2c1. The molecule has 1 N–H and O–H groups in total. The largest absolute Gasteiger partial charge is 0.324 e. The molecule has 0 spiro atoms. The number of fused-ring (bicyclic) bond motifs is 1. The average molecular weight is 338 g/mol. The zero-order chi connectivity index (χ0) is 17.4. The van der Waals surface area contributed by atoms with Crippen molar-refractivity contribution >= 4 is 5.65 Å². The van der Waals surface area contributed by atoms with E-state index in [0.717, 1.165) is 29.7 Å². The molecule has 2 aromatic heterocycles. The number of nitrogens with one attached hydrogen (secondary N) is 1. The molecule has 3 aromatic rings. The van der Waals surface area contributed by atoms with E-state index in [9.17, 15) is 9.18 Å². The second-order valence-electron chi connectivity index (χ2n) is 6.90. The van der Waals surface area contributed by atoms with Crippen molar-refractivity contribution in [3.8, 4) is 0 Å². The molecule has 0 amide bonds. The van der Waals surface area contributed by atoms with Gasteiger partial charge < -0.3 is 4.90 Å². The molecule has 4 nitrogen and oxygen atoms in total. The van der Waals surface area contributed by atoms with E-state index >= 15 is 0 Å². The third kappa shape index (κ3) is 3.46. The highest BCUT2D eigenvalue weighted by atomic mass is 19.1. The summed E-state index contributed by atoms with van der Waals surface area (Å²) in [6.45, 7) is 3.21. The molecule has 1 aliphatic rings. The van der Waals surface area contributed by atoms with Crippen molar-refractivity contribution in [1.29, 1.82) is 0 Å². The molecule has 128 valence electrons. The fraction of sp³-hybridized carbons (Fsp3) is 0.300. The summed E-state index contributed by atoms with van der Waals surface area (Å²) in [4.78, 5) is 18.3. The van der Waals surface area contributed by atoms with Crippen LogP contribution in [0.1, 0.15) is 29.7 Å². The van der Waals surface area contributed by atoms with Gasteiger partial charge in [-0.2, -0.15) is 0 Å². The molecule has 0 saturated heterocycles. The maximum atomic E-state index is 14.0. The minimum absolute atomic E-state index is 0.0651. The lowest BCUT2D eigenvalue weighted by molar-refractivity contribution is -0.938. The quantitative estimate of drug-likeness (QED) is 0.772. The van der Waals surface area contributed by atoms with E-state index in [1.54, 1.807) is 22.7 Å². The molecule has 1 unspecified atom stereocenters. The fourth-order valence-electron chi connectivity index (χ4n) is 3.31. The second-order valence-corrected chi connectivity index (χ2v) is 6.90. The van der Waals surface area contributed by atoms with Gasteiger partial charge in [-0.15, -0.1) is 0 Å². The Morgan fingerprint density at radius 3 is 2.76 bits per heavy atom. The van der Waals surface area contributed by atoms with Gasteiger partial charge in [-0.25, -0.2) is 9.37 Å². The maximum absolute atomic E-state index is 14.0. The molecule has 25 heavy (non-hydrogen) atoms. The monoisotopic (exact) mass is 338 g/mol. The Balaban J connectivity index is 1.62. The normalized spacial score (nSPS) is 15.4. The maximum Gasteiger partial charge on any atom is 0.258 e. The Hall–Kier alpha value is -2.53. The lowest BCUT2D eigenvalue weighted by Gasteiger charge is -2.19. The van der Waals surface area contributed by atoms with E-state index in [-0.39, 0.29) is 11.4 Å². The van der Waals surface area contributed by atoms with Crippen LogP contribution in [0.4, 0.5) is 4.39 Å². The summed E-state index contributed by atoms with van der Waals surface area (Å²) in [6.07, 6.45) is 4.10. The Bertz CT molecular complexity index is 978. The standard InChI is InChI=1S/C20H20FN3O/c1-14-6-9-19-22-16(10-20(25)24(19)11-14)13-23(17-7-8-17)12-15-4-2-3-5-18(15)21/h2-6,9-11,17H,7-8,12-13H2,1H3/p+1. The van der Waals surface area contributed by atoms with Gasteiger partial charge in [0.15, 0.2) is 0 Å². The van der Waals surface area contributed by atoms with Gasteiger partial charge in [-0.3, -0.25) is 9.20 Å². The summed E-state index contributed by atoms with van der Waals surface area (Å²) in [5, 5.41) is 0. The zero-order valence-corrected chi connectivity index (χ0v) is 14.2. The van der Waals surface area contributed by atoms with Gasteiger partial charge in [0, 0.05) is 30.7 Å². The van der Waals surface area contributed by atoms with Crippen molar-refractivity contribution in [3.63, 3.8) is 0 Å². The molecule has 1 aromatic carbocycles. The number of benzene rings is 1. The number of hydrogen-bond donors (Lipinski definition) is 1. The van der Waals surface area contributed by atoms with E-state index in [1.807, 2.05) is 31.2 Å². The predicted molar refractivity (Wildman–Crippen MR) is 94.0 cm³/mol. The van der Waals surface area contributed by atoms with Gasteiger partial charge >= 0.3 is 0 Å². The first-order valence-electron chi connectivity index (χ1n) is 8.67. The van der Waals surface area contributed by atoms with Crippen molar-refractivity contribution in [2.24, 2.45) is 0 Å². The van der Waals surface area contributed by atoms with Crippen LogP contribution in [0.25, 0.3) is 5.65 Å². The second kappa shape index (κ2) is 6.41. The highest BCUT2D eigenvalue weighted by Crippen LogP contribution is 2.17. The van der Waals surface area contributed by atoms with Gasteiger partial charge in [0.25, 0.3) is 5.56 Å². The Kier molecular flexibility index (Phi) is 4.09. The van der Waals surface area contributed by atoms with Gasteiger partial charge in [-0.1, -0.05) is 24.3 Å². The molecule has 5 heteroatoms. The smallest absolute Gasteiger partial charge is 0.258 e. The lowest BCUT2D eigenvalue weighted by Crippen LogP contribution is -3.10. The zero-order valence-electron chi connectivity index (χ0n) is 14.2. The topological polar surface area (TPSA) is 38.8 Å². The highest BCUT2D eigenvalue weighted by Gasteiger charge is 2.34. The number of aryl methyl sites for hydroxylation is 1. The third-order valence-corrected chi connectivity index (χ3v) is 4.80. The molecule has 2 heterocycles. The molecule has 1 aliphatic carbocycles. The van der Waals surface area contributed by atoms with Crippen molar-refractivity contribution in [3.05, 3.63) is 81.7 Å². The molecule has 4 rings (SSSR count). The minimum atomic E-state index is -0.164. The van der Waals surface area contributed by atoms with Crippen LogP contribution in [-0.2, 0) is 13.1 Å². The summed E-state index contributed by atoms with van der Waals surface area (Å²) in [5.41, 5.74) is 3.11. The third-order valence-electron chi connectivity index (χ3n) is 4.80. The number of aromatic nitrogens is 2. The van der Waals surface area contributed by atoms with Crippen molar-refractivity contribution in [1.82, 2.24) is 9.38 Å². The highest BCUT2D eigenvalue weighted by molar-refractivity contribution is 5.39. The van der Waals surface area contributed by atoms with E-state index in [2.05, 4.69) is 4.98 Å². The molecular weight excluding hydrogens is 317 g/mol. The molecule has 1 fully saturated rings. The average Bonchev–Trinajstić information content (AvgIpc) is 3.42. The van der Waals surface area contributed by atoms with Gasteiger partial charge in [0.2, 0.25) is 0 Å². The summed E-state index contributed by atoms with van der Waals surface area (Å²) in [7, 11) is 0. The van der Waals surface area contributed by atoms with Crippen LogP contribution in [-0.4, -0.2) is 15.4 Å². The predicted octanol–water partition coefficient (Wildman–Crippen LogP) is 1.89. The lowest BCUT2D eigenvalue weighted by atomic mass is 10.2. The number of pyridine rings is 1. The van der Waals surface area contributed by atoms with Crippen LogP contribution in [0.5, 0.6) is 0 Å². The van der Waals surface area contributed by atoms with Crippen LogP contribution in [0.3, 0.4) is 0 Å². The first-order valence-corrected chi connectivity index (χ1v) is 8.67. The number of nitrogens with zero attached hydrogens (tertiary/aromatic N) is 2. The van der Waals surface area contributed by atoms with Crippen LogP contribution >= 0.6 is 0 Å². The van der Waals surface area contributed by atoms with Crippen molar-refractivity contribution in [2.75, 3.05) is 0 Å². The van der Waals surface area contributed by atoms with Gasteiger partial charge in [0.1, 0.15) is 30.2 Å². The van der Waals surface area contributed by atoms with E-state index in [1.165, 1.54) is 11.0 Å².